The lowest BCUT2D eigenvalue weighted by molar-refractivity contribution is -0.243. The molecule has 0 aromatic rings. The fraction of sp³-hybridized carbons (Fsp3) is 0.932. The number of allylic oxidation sites excluding steroid dienone is 1. The second kappa shape index (κ2) is 16.2. The molecule has 3 unspecified atom stereocenters. The molecule has 4 nitrogen and oxygen atoms in total. The molecular weight excluding hydrogens is 771 g/mol. The van der Waals surface area contributed by atoms with Crippen LogP contribution in [-0.4, -0.2) is 24.0 Å². The van der Waals surface area contributed by atoms with E-state index in [0.717, 1.165) is 67.6 Å². The highest BCUT2D eigenvalue weighted by molar-refractivity contribution is 5.78. The van der Waals surface area contributed by atoms with Gasteiger partial charge in [-0.15, -0.1) is 0 Å². The first-order valence-electron chi connectivity index (χ1n) is 27.7. The topological polar surface area (TPSA) is 55.4 Å². The first-order valence-corrected chi connectivity index (χ1v) is 27.7. The maximum absolute atomic E-state index is 15.3. The van der Waals surface area contributed by atoms with Gasteiger partial charge in [0.25, 0.3) is 0 Å². The molecule has 0 aromatic heterocycles. The van der Waals surface area contributed by atoms with Crippen LogP contribution in [0.1, 0.15) is 225 Å². The highest BCUT2D eigenvalue weighted by Gasteiger charge is 2.72. The number of fused-ring (bicyclic) bond motifs is 12. The molecule has 1 N–H and O–H groups in total. The van der Waals surface area contributed by atoms with Gasteiger partial charge < -0.3 is 10.1 Å². The molecule has 1 amide bonds. The van der Waals surface area contributed by atoms with Gasteiger partial charge in [0, 0.05) is 19.4 Å². The number of hydrogen-bond acceptors (Lipinski definition) is 3. The molecule has 8 fully saturated rings. The van der Waals surface area contributed by atoms with Gasteiger partial charge in [0.2, 0.25) is 5.91 Å². The summed E-state index contributed by atoms with van der Waals surface area (Å²) in [5, 5.41) is 3.40. The highest BCUT2D eigenvalue weighted by atomic mass is 16.5. The van der Waals surface area contributed by atoms with Crippen LogP contribution in [0.5, 0.6) is 0 Å². The number of carbonyl (C=O) groups is 2. The van der Waals surface area contributed by atoms with Crippen molar-refractivity contribution in [1.82, 2.24) is 5.32 Å². The molecule has 9 aliphatic rings. The first kappa shape index (κ1) is 46.8. The van der Waals surface area contributed by atoms with Crippen LogP contribution in [-0.2, 0) is 14.3 Å². The molecule has 8 saturated carbocycles. The number of ether oxygens (including phenoxy) is 1. The van der Waals surface area contributed by atoms with Crippen LogP contribution >= 0.6 is 0 Å². The van der Waals surface area contributed by atoms with E-state index in [1.165, 1.54) is 103 Å². The summed E-state index contributed by atoms with van der Waals surface area (Å²) in [5.41, 5.74) is 3.01. The van der Waals surface area contributed by atoms with E-state index in [0.29, 0.717) is 40.9 Å². The maximum Gasteiger partial charge on any atom is 0.312 e. The van der Waals surface area contributed by atoms with E-state index < -0.39 is 0 Å². The Kier molecular flexibility index (Phi) is 12.0. The second-order valence-corrected chi connectivity index (χ2v) is 28.0. The van der Waals surface area contributed by atoms with Crippen molar-refractivity contribution in [2.75, 3.05) is 0 Å². The standard InChI is InChI=1S/C59H97NO3/c1-36(2)15-14-16-38(5)44-19-20-45-43-18-17-40-35-41(23-28-54(40,9)46(43)25-29-55(44,45)10)63-52(62)59-32-24-42(37(3)4)51(59)47-21-22-49-56(11)30-27-50(60-39(6)61)53(7,8)48(56)26-31-58(49,13)57(47,12)33-34-59/h17,36-38,41-51H,14-16,18-35H2,1-13H3,(H,60,61)/t38-,41+,42+,43+,44-,45+,46+,47-,48?,49-,50?,51?,54+,55-,56+,57-,58-,59+/m1/s1. The average molecular weight is 868 g/mol. The van der Waals surface area contributed by atoms with Gasteiger partial charge in [-0.1, -0.05) is 114 Å². The minimum Gasteiger partial charge on any atom is -0.462 e. The van der Waals surface area contributed by atoms with E-state index in [2.05, 4.69) is 94.5 Å². The lowest BCUT2D eigenvalue weighted by Gasteiger charge is -2.73. The number of esters is 1. The molecule has 18 atom stereocenters. The highest BCUT2D eigenvalue weighted by Crippen LogP contribution is 2.78. The van der Waals surface area contributed by atoms with Crippen molar-refractivity contribution in [2.45, 2.75) is 237 Å². The van der Waals surface area contributed by atoms with Crippen molar-refractivity contribution in [2.24, 2.45) is 109 Å². The quantitative estimate of drug-likeness (QED) is 0.186. The SMILES string of the molecule is CC(=O)NC1CC[C@@]2(C)C(CC[C@]3(C)[C@@H]2CC[C@@H]2C4[C@H](C(C)C)CC[C@]4(C(=O)O[C@H]4CC[C@@]5(C)C(=CC[C@H]6[C@@H]7CC[C@H]([C@H](C)CCCC(C)C)[C@@]7(C)CC[C@@H]65)C4)CC[C@]23C)C1(C)C. The molecule has 0 spiro atoms. The van der Waals surface area contributed by atoms with Gasteiger partial charge in [-0.05, 0) is 213 Å². The zero-order chi connectivity index (χ0) is 45.3. The van der Waals surface area contributed by atoms with E-state index in [9.17, 15) is 4.79 Å². The Hall–Kier alpha value is -1.32. The molecule has 9 rings (SSSR count). The van der Waals surface area contributed by atoms with Crippen LogP contribution in [0.2, 0.25) is 0 Å². The summed E-state index contributed by atoms with van der Waals surface area (Å²) in [6.45, 7) is 32.5. The van der Waals surface area contributed by atoms with Gasteiger partial charge in [0.1, 0.15) is 6.10 Å². The molecule has 9 aliphatic carbocycles. The molecule has 0 bridgehead atoms. The van der Waals surface area contributed by atoms with Gasteiger partial charge in [-0.25, -0.2) is 0 Å². The van der Waals surface area contributed by atoms with Crippen molar-refractivity contribution in [3.63, 3.8) is 0 Å². The third-order valence-electron chi connectivity index (χ3n) is 24.7. The number of nitrogens with one attached hydrogen (secondary N) is 1. The normalized spacial score (nSPS) is 50.1. The molecule has 0 saturated heterocycles. The molecule has 4 heteroatoms. The van der Waals surface area contributed by atoms with E-state index in [-0.39, 0.29) is 56.5 Å². The molecule has 0 aromatic carbocycles. The fourth-order valence-electron chi connectivity index (χ4n) is 21.3. The van der Waals surface area contributed by atoms with Gasteiger partial charge in [-0.2, -0.15) is 0 Å². The zero-order valence-corrected chi connectivity index (χ0v) is 43.2. The molecule has 0 heterocycles. The Morgan fingerprint density at radius 1 is 0.698 bits per heavy atom. The Labute approximate surface area is 387 Å². The smallest absolute Gasteiger partial charge is 0.312 e. The zero-order valence-electron chi connectivity index (χ0n) is 43.2. The summed E-state index contributed by atoms with van der Waals surface area (Å²) < 4.78 is 7.05. The summed E-state index contributed by atoms with van der Waals surface area (Å²) in [6.07, 6.45) is 29.1. The maximum atomic E-state index is 15.3. The summed E-state index contributed by atoms with van der Waals surface area (Å²) in [4.78, 5) is 27.7. The fourth-order valence-corrected chi connectivity index (χ4v) is 21.3. The monoisotopic (exact) mass is 868 g/mol. The van der Waals surface area contributed by atoms with Crippen molar-refractivity contribution >= 4 is 11.9 Å². The van der Waals surface area contributed by atoms with Crippen LogP contribution in [0.4, 0.5) is 0 Å². The van der Waals surface area contributed by atoms with Gasteiger partial charge in [-0.3, -0.25) is 9.59 Å². The van der Waals surface area contributed by atoms with Gasteiger partial charge >= 0.3 is 5.97 Å². The Morgan fingerprint density at radius 3 is 2.14 bits per heavy atom. The lowest BCUT2D eigenvalue weighted by atomic mass is 9.32. The van der Waals surface area contributed by atoms with Crippen molar-refractivity contribution in [1.29, 1.82) is 0 Å². The minimum atomic E-state index is -0.312. The third kappa shape index (κ3) is 6.93. The molecule has 356 valence electrons. The van der Waals surface area contributed by atoms with Gasteiger partial charge in [0.05, 0.1) is 5.41 Å². The van der Waals surface area contributed by atoms with Crippen molar-refractivity contribution in [3.05, 3.63) is 11.6 Å². The Bertz CT molecular complexity index is 1780. The van der Waals surface area contributed by atoms with Crippen LogP contribution in [0, 0.1) is 109 Å². The number of hydrogen-bond donors (Lipinski definition) is 1. The van der Waals surface area contributed by atoms with Crippen molar-refractivity contribution in [3.8, 4) is 0 Å². The van der Waals surface area contributed by atoms with Crippen molar-refractivity contribution < 1.29 is 14.3 Å². The molecule has 0 radical (unpaired) electrons. The molecular formula is C59H97NO3. The largest absolute Gasteiger partial charge is 0.462 e. The molecule has 0 aliphatic heterocycles. The van der Waals surface area contributed by atoms with E-state index in [1.807, 2.05) is 0 Å². The Balaban J connectivity index is 0.907. The number of rotatable bonds is 9. The van der Waals surface area contributed by atoms with Gasteiger partial charge in [0.15, 0.2) is 0 Å². The summed E-state index contributed by atoms with van der Waals surface area (Å²) >= 11 is 0. The summed E-state index contributed by atoms with van der Waals surface area (Å²) in [5.74, 6) is 8.98. The Morgan fingerprint density at radius 2 is 1.43 bits per heavy atom. The van der Waals surface area contributed by atoms with E-state index in [4.69, 9.17) is 4.74 Å². The third-order valence-corrected chi connectivity index (χ3v) is 24.7. The average Bonchev–Trinajstić information content (AvgIpc) is 3.78. The second-order valence-electron chi connectivity index (χ2n) is 28.0. The predicted octanol–water partition coefficient (Wildman–Crippen LogP) is 15.2. The van der Waals surface area contributed by atoms with Crippen LogP contribution in [0.25, 0.3) is 0 Å². The summed E-state index contributed by atoms with van der Waals surface area (Å²) in [6, 6.07) is 0.266. The van der Waals surface area contributed by atoms with Crippen LogP contribution in [0.15, 0.2) is 11.6 Å². The van der Waals surface area contributed by atoms with E-state index >= 15 is 4.79 Å². The first-order chi connectivity index (χ1) is 29.6. The molecule has 63 heavy (non-hydrogen) atoms. The summed E-state index contributed by atoms with van der Waals surface area (Å²) in [7, 11) is 0. The van der Waals surface area contributed by atoms with E-state index in [1.54, 1.807) is 12.5 Å². The lowest BCUT2D eigenvalue weighted by Crippen LogP contribution is -2.68. The minimum absolute atomic E-state index is 0.0469. The number of carbonyl (C=O) groups excluding carboxylic acids is 2. The number of amides is 1. The van der Waals surface area contributed by atoms with Crippen LogP contribution < -0.4 is 5.32 Å². The predicted molar refractivity (Wildman–Crippen MR) is 260 cm³/mol. The van der Waals surface area contributed by atoms with Crippen LogP contribution in [0.3, 0.4) is 0 Å².